The predicted octanol–water partition coefficient (Wildman–Crippen LogP) is 4.62. The number of aryl methyl sites for hydroxylation is 1. The number of rotatable bonds is 11. The third-order valence-corrected chi connectivity index (χ3v) is 21.5. The van der Waals surface area contributed by atoms with Gasteiger partial charge in [-0.2, -0.15) is 0 Å². The Morgan fingerprint density at radius 1 is 0.589 bits per heavy atom. The van der Waals surface area contributed by atoms with Gasteiger partial charge in [-0.25, -0.2) is 0 Å². The number of amides is 12. The molecule has 7 rings (SSSR count). The van der Waals surface area contributed by atoms with Gasteiger partial charge in [-0.05, 0) is 118 Å². The molecule has 25 heteroatoms. The molecule has 2 saturated carbocycles. The number of hydrogen-bond donors (Lipinski definition) is 3. The molecule has 6 fully saturated rings. The van der Waals surface area contributed by atoms with Crippen LogP contribution in [0.25, 0.3) is 0 Å². The van der Waals surface area contributed by atoms with E-state index >= 15 is 14.4 Å². The van der Waals surface area contributed by atoms with Crippen molar-refractivity contribution in [1.29, 1.82) is 0 Å². The first kappa shape index (κ1) is 75.5. The third kappa shape index (κ3) is 18.4. The van der Waals surface area contributed by atoms with Crippen LogP contribution in [-0.2, 0) is 64.0 Å². The molecule has 1 aromatic rings. The number of likely N-dealkylation sites (N-methyl/N-ethyl adjacent to an activating group) is 6. The highest BCUT2D eigenvalue weighted by atomic mass is 35.5. The van der Waals surface area contributed by atoms with Gasteiger partial charge in [-0.1, -0.05) is 117 Å². The number of nitrogens with one attached hydrogen (secondary N) is 3. The SMILES string of the molecule is CC[C@H](C)[C@@H]1NC(=O)[C@H](CC(C)C)N(C)C(=O)C[C@@H](C(=O)N2CCCCC2)N(C)C(=O)[C@H](C(C)C)N(C)C(=O)C2(CCCC2)NC(=O)[C@@H]2CCCN2C(=O)[C@H](CCc2ccc(Cl)cc2)NC(=O)CN(C)C(=O)[C@H](CC2CCCCC2)N(C)C(=O)[C@@H]2CCN2C(=O)CN(C)C1=O. The van der Waals surface area contributed by atoms with Crippen molar-refractivity contribution in [3.8, 4) is 0 Å². The van der Waals surface area contributed by atoms with Crippen molar-refractivity contribution in [3.63, 3.8) is 0 Å². The predicted molar refractivity (Wildman–Crippen MR) is 359 cm³/mol. The molecule has 0 aromatic heterocycles. The minimum Gasteiger partial charge on any atom is -0.343 e. The number of piperidine rings is 1. The van der Waals surface area contributed by atoms with Crippen molar-refractivity contribution in [2.24, 2.45) is 23.7 Å². The summed E-state index contributed by atoms with van der Waals surface area (Å²) in [6, 6.07) is -1.99. The largest absolute Gasteiger partial charge is 0.343 e. The van der Waals surface area contributed by atoms with Gasteiger partial charge in [0, 0.05) is 73.5 Å². The average Bonchev–Trinajstić information content (AvgIpc) is 1.78. The lowest BCUT2D eigenvalue weighted by Crippen LogP contribution is -2.65. The number of hydrogen-bond acceptors (Lipinski definition) is 12. The van der Waals surface area contributed by atoms with Crippen molar-refractivity contribution in [3.05, 3.63) is 34.9 Å². The van der Waals surface area contributed by atoms with E-state index in [0.29, 0.717) is 75.9 Å². The zero-order valence-corrected chi connectivity index (χ0v) is 59.4. The quantitative estimate of drug-likeness (QED) is 0.274. The Labute approximate surface area is 567 Å². The smallest absolute Gasteiger partial charge is 0.248 e. The number of nitrogens with zero attached hydrogens (tertiary/aromatic N) is 9. The van der Waals surface area contributed by atoms with E-state index in [1.165, 1.54) is 81.5 Å². The summed E-state index contributed by atoms with van der Waals surface area (Å²) < 4.78 is 0. The normalized spacial score (nSPS) is 27.7. The maximum atomic E-state index is 15.4. The highest BCUT2D eigenvalue weighted by Gasteiger charge is 2.51. The molecule has 6 aliphatic rings. The summed E-state index contributed by atoms with van der Waals surface area (Å²) in [6.45, 7) is 11.2. The highest BCUT2D eigenvalue weighted by Crippen LogP contribution is 2.35. The van der Waals surface area contributed by atoms with Gasteiger partial charge in [0.05, 0.1) is 19.5 Å². The molecule has 9 atom stereocenters. The van der Waals surface area contributed by atoms with Crippen molar-refractivity contribution in [2.75, 3.05) is 81.6 Å². The Morgan fingerprint density at radius 3 is 1.82 bits per heavy atom. The van der Waals surface area contributed by atoms with Gasteiger partial charge in [-0.15, -0.1) is 0 Å². The molecule has 528 valence electrons. The fraction of sp³-hybridized carbons (Fsp3) is 0.743. The van der Waals surface area contributed by atoms with Gasteiger partial charge in [0.15, 0.2) is 0 Å². The van der Waals surface area contributed by atoms with Gasteiger partial charge in [0.25, 0.3) is 0 Å². The fourth-order valence-electron chi connectivity index (χ4n) is 15.0. The number of fused-ring (bicyclic) bond motifs is 2. The lowest BCUT2D eigenvalue weighted by atomic mass is 9.84. The molecule has 1 spiro atoms. The van der Waals surface area contributed by atoms with Crippen LogP contribution in [0.15, 0.2) is 24.3 Å². The van der Waals surface area contributed by atoms with E-state index in [4.69, 9.17) is 11.6 Å². The standard InChI is InChI=1S/C70H109ClN12O12/c1-13-46(6)59-67(93)76(8)43-58(86)82-38-32-52(82)65(91)78(10)54(40-48-23-16-14-17-24-48)64(90)75(7)42-56(84)72-50(31-28-47-26-29-49(71)30-27-47)63(89)83-37-22-25-51(83)62(88)74-70(33-18-19-34-70)69(95)80(12)60(45(4)5)68(94)79(11)55(66(92)81-35-20-15-21-36-81)41-57(85)77(9)53(39-44(2)3)61(87)73-59/h26-27,29-30,44-46,48,50-55,59-60H,13-25,28,31-43H2,1-12H3,(H,72,84)(H,73,87)(H,74,88)/t46-,50-,51-,52-,53-,54-,55-,59-,60-/m0/s1. The van der Waals surface area contributed by atoms with E-state index in [0.717, 1.165) is 44.1 Å². The van der Waals surface area contributed by atoms with Crippen LogP contribution in [0.3, 0.4) is 0 Å². The molecular formula is C70H109ClN12O12. The zero-order valence-electron chi connectivity index (χ0n) is 58.6. The number of benzene rings is 1. The fourth-order valence-corrected chi connectivity index (χ4v) is 15.2. The lowest BCUT2D eigenvalue weighted by molar-refractivity contribution is -0.158. The molecule has 0 radical (unpaired) electrons. The molecule has 95 heavy (non-hydrogen) atoms. The van der Waals surface area contributed by atoms with Crippen LogP contribution in [0.2, 0.25) is 5.02 Å². The second-order valence-corrected chi connectivity index (χ2v) is 29.4. The van der Waals surface area contributed by atoms with Crippen LogP contribution >= 0.6 is 11.6 Å². The number of carbonyl (C=O) groups is 12. The maximum Gasteiger partial charge on any atom is 0.248 e. The van der Waals surface area contributed by atoms with Crippen LogP contribution < -0.4 is 16.0 Å². The third-order valence-electron chi connectivity index (χ3n) is 21.2. The summed E-state index contributed by atoms with van der Waals surface area (Å²) >= 11 is 6.25. The zero-order chi connectivity index (χ0) is 69.7. The molecule has 4 heterocycles. The molecule has 1 aromatic carbocycles. The van der Waals surface area contributed by atoms with E-state index in [-0.39, 0.29) is 57.0 Å². The first-order chi connectivity index (χ1) is 45.0. The van der Waals surface area contributed by atoms with Crippen molar-refractivity contribution in [1.82, 2.24) is 60.0 Å². The van der Waals surface area contributed by atoms with E-state index in [1.807, 2.05) is 32.9 Å². The van der Waals surface area contributed by atoms with Crippen molar-refractivity contribution < 1.29 is 57.5 Å². The monoisotopic (exact) mass is 1340 g/mol. The topological polar surface area (TPSA) is 270 Å². The van der Waals surface area contributed by atoms with Crippen molar-refractivity contribution in [2.45, 2.75) is 230 Å². The first-order valence-corrected chi connectivity index (χ1v) is 35.5. The summed E-state index contributed by atoms with van der Waals surface area (Å²) in [5.74, 6) is -7.76. The maximum absolute atomic E-state index is 15.4. The second-order valence-electron chi connectivity index (χ2n) is 28.9. The van der Waals surface area contributed by atoms with Crippen LogP contribution in [-0.4, -0.2) is 250 Å². The molecule has 0 bridgehead atoms. The molecule has 4 aliphatic heterocycles. The molecule has 4 saturated heterocycles. The molecular weight excluding hydrogens is 1240 g/mol. The Balaban J connectivity index is 1.26. The number of halogens is 1. The summed E-state index contributed by atoms with van der Waals surface area (Å²) in [7, 11) is 8.87. The molecule has 24 nitrogen and oxygen atoms in total. The van der Waals surface area contributed by atoms with Gasteiger partial charge in [0.1, 0.15) is 53.9 Å². The number of carbonyl (C=O) groups excluding carboxylic acids is 12. The molecule has 0 unspecified atom stereocenters. The second kappa shape index (κ2) is 33.9. The number of likely N-dealkylation sites (tertiary alicyclic amines) is 1. The van der Waals surface area contributed by atoms with Gasteiger partial charge in [-0.3, -0.25) is 57.5 Å². The van der Waals surface area contributed by atoms with Crippen LogP contribution in [0.4, 0.5) is 0 Å². The Kier molecular flexibility index (Phi) is 26.9. The van der Waals surface area contributed by atoms with E-state index in [1.54, 1.807) is 37.8 Å². The summed E-state index contributed by atoms with van der Waals surface area (Å²) in [5, 5.41) is 9.48. The summed E-state index contributed by atoms with van der Waals surface area (Å²) in [6.07, 6.45) is 10.4. The minimum atomic E-state index is -1.49. The van der Waals surface area contributed by atoms with Gasteiger partial charge < -0.3 is 60.0 Å². The molecule has 12 amide bonds. The van der Waals surface area contributed by atoms with Crippen LogP contribution in [0.1, 0.15) is 176 Å². The Morgan fingerprint density at radius 2 is 1.22 bits per heavy atom. The average molecular weight is 1350 g/mol. The van der Waals surface area contributed by atoms with Crippen LogP contribution in [0.5, 0.6) is 0 Å². The first-order valence-electron chi connectivity index (χ1n) is 35.1. The van der Waals surface area contributed by atoms with Gasteiger partial charge >= 0.3 is 0 Å². The van der Waals surface area contributed by atoms with Crippen molar-refractivity contribution >= 4 is 82.5 Å². The Bertz CT molecular complexity index is 2930. The van der Waals surface area contributed by atoms with Crippen LogP contribution in [0, 0.1) is 23.7 Å². The van der Waals surface area contributed by atoms with E-state index in [9.17, 15) is 43.2 Å². The van der Waals surface area contributed by atoms with E-state index in [2.05, 4.69) is 16.0 Å². The van der Waals surface area contributed by atoms with Gasteiger partial charge in [0.2, 0.25) is 70.9 Å². The lowest BCUT2D eigenvalue weighted by Gasteiger charge is -2.44. The summed E-state index contributed by atoms with van der Waals surface area (Å²) in [5.41, 5.74) is -0.661. The summed E-state index contributed by atoms with van der Waals surface area (Å²) in [4.78, 5) is 191. The molecule has 2 aliphatic carbocycles. The van der Waals surface area contributed by atoms with E-state index < -0.39 is 156 Å². The molecule has 3 N–H and O–H groups in total. The minimum absolute atomic E-state index is 0.0962. The Hall–Kier alpha value is -6.85. The highest BCUT2D eigenvalue weighted by molar-refractivity contribution is 6.30.